The molecular formula is C10H10ClNOS. The van der Waals surface area contributed by atoms with E-state index in [1.807, 2.05) is 31.2 Å². The van der Waals surface area contributed by atoms with Gasteiger partial charge < -0.3 is 5.32 Å². The first-order valence-electron chi connectivity index (χ1n) is 4.39. The molecular weight excluding hydrogens is 218 g/mol. The standard InChI is InChI=1S/C10H10ClNOS/c1-6-9(13)12-10(14-6)7-4-2-3-5-8(7)11/h2-6,10H,1H3,(H,12,13)/t6-,10+/m1/s1. The number of thioether (sulfide) groups is 1. The molecule has 0 aliphatic carbocycles. The Labute approximate surface area is 92.0 Å². The predicted molar refractivity (Wildman–Crippen MR) is 59.4 cm³/mol. The van der Waals surface area contributed by atoms with E-state index in [9.17, 15) is 4.79 Å². The van der Waals surface area contributed by atoms with Crippen molar-refractivity contribution in [3.05, 3.63) is 34.9 Å². The molecule has 1 aliphatic heterocycles. The van der Waals surface area contributed by atoms with Crippen LogP contribution in [0.2, 0.25) is 5.02 Å². The van der Waals surface area contributed by atoms with Gasteiger partial charge in [-0.05, 0) is 13.0 Å². The lowest BCUT2D eigenvalue weighted by atomic mass is 10.2. The van der Waals surface area contributed by atoms with Gasteiger partial charge in [-0.3, -0.25) is 4.79 Å². The van der Waals surface area contributed by atoms with E-state index in [-0.39, 0.29) is 16.5 Å². The highest BCUT2D eigenvalue weighted by atomic mass is 35.5. The first kappa shape index (κ1) is 9.87. The van der Waals surface area contributed by atoms with Crippen LogP contribution in [0.4, 0.5) is 0 Å². The first-order valence-corrected chi connectivity index (χ1v) is 5.71. The first-order chi connectivity index (χ1) is 6.68. The van der Waals surface area contributed by atoms with Crippen LogP contribution in [-0.4, -0.2) is 11.2 Å². The van der Waals surface area contributed by atoms with E-state index in [4.69, 9.17) is 11.6 Å². The van der Waals surface area contributed by atoms with E-state index in [0.717, 1.165) is 5.56 Å². The van der Waals surface area contributed by atoms with Crippen molar-refractivity contribution >= 4 is 29.3 Å². The number of rotatable bonds is 1. The maximum absolute atomic E-state index is 11.3. The van der Waals surface area contributed by atoms with Crippen molar-refractivity contribution in [1.82, 2.24) is 5.32 Å². The van der Waals surface area contributed by atoms with E-state index in [1.165, 1.54) is 0 Å². The number of carbonyl (C=O) groups is 1. The normalized spacial score (nSPS) is 26.3. The number of hydrogen-bond acceptors (Lipinski definition) is 2. The Morgan fingerprint density at radius 2 is 2.14 bits per heavy atom. The molecule has 1 aliphatic rings. The molecule has 0 bridgehead atoms. The van der Waals surface area contributed by atoms with Crippen LogP contribution < -0.4 is 5.32 Å². The van der Waals surface area contributed by atoms with Crippen LogP contribution in [0.5, 0.6) is 0 Å². The molecule has 1 amide bonds. The second-order valence-electron chi connectivity index (χ2n) is 3.19. The van der Waals surface area contributed by atoms with Crippen LogP contribution in [0.1, 0.15) is 17.9 Å². The fourth-order valence-electron chi connectivity index (χ4n) is 1.39. The van der Waals surface area contributed by atoms with E-state index < -0.39 is 0 Å². The van der Waals surface area contributed by atoms with Gasteiger partial charge in [-0.25, -0.2) is 0 Å². The minimum Gasteiger partial charge on any atom is -0.339 e. The van der Waals surface area contributed by atoms with Crippen LogP contribution in [0.25, 0.3) is 0 Å². The number of halogens is 1. The van der Waals surface area contributed by atoms with Crippen molar-refractivity contribution in [2.24, 2.45) is 0 Å². The zero-order valence-electron chi connectivity index (χ0n) is 7.66. The topological polar surface area (TPSA) is 29.1 Å². The fraction of sp³-hybridized carbons (Fsp3) is 0.300. The lowest BCUT2D eigenvalue weighted by molar-refractivity contribution is -0.119. The summed E-state index contributed by atoms with van der Waals surface area (Å²) < 4.78 is 0. The zero-order chi connectivity index (χ0) is 10.1. The summed E-state index contributed by atoms with van der Waals surface area (Å²) in [5.74, 6) is 0.0833. The number of amides is 1. The van der Waals surface area contributed by atoms with Crippen molar-refractivity contribution in [1.29, 1.82) is 0 Å². The summed E-state index contributed by atoms with van der Waals surface area (Å²) in [4.78, 5) is 11.3. The minimum absolute atomic E-state index is 0.00574. The quantitative estimate of drug-likeness (QED) is 0.799. The molecule has 2 rings (SSSR count). The van der Waals surface area contributed by atoms with Gasteiger partial charge in [0.1, 0.15) is 5.37 Å². The van der Waals surface area contributed by atoms with Gasteiger partial charge in [-0.1, -0.05) is 29.8 Å². The summed E-state index contributed by atoms with van der Waals surface area (Å²) in [7, 11) is 0. The van der Waals surface area contributed by atoms with E-state index >= 15 is 0 Å². The molecule has 1 heterocycles. The second kappa shape index (κ2) is 3.83. The van der Waals surface area contributed by atoms with Crippen LogP contribution in [0.15, 0.2) is 24.3 Å². The van der Waals surface area contributed by atoms with Gasteiger partial charge in [0.2, 0.25) is 5.91 Å². The lowest BCUT2D eigenvalue weighted by Gasteiger charge is -2.10. The zero-order valence-corrected chi connectivity index (χ0v) is 9.23. The van der Waals surface area contributed by atoms with Gasteiger partial charge in [-0.2, -0.15) is 0 Å². The molecule has 4 heteroatoms. The van der Waals surface area contributed by atoms with Gasteiger partial charge in [0, 0.05) is 10.6 Å². The van der Waals surface area contributed by atoms with Gasteiger partial charge in [0.25, 0.3) is 0 Å². The number of nitrogens with one attached hydrogen (secondary N) is 1. The largest absolute Gasteiger partial charge is 0.339 e. The molecule has 1 aromatic rings. The van der Waals surface area contributed by atoms with Crippen LogP contribution in [-0.2, 0) is 4.79 Å². The highest BCUT2D eigenvalue weighted by molar-refractivity contribution is 8.01. The maximum Gasteiger partial charge on any atom is 0.234 e. The molecule has 1 fully saturated rings. The van der Waals surface area contributed by atoms with Gasteiger partial charge in [0.05, 0.1) is 5.25 Å². The number of hydrogen-bond donors (Lipinski definition) is 1. The summed E-state index contributed by atoms with van der Waals surface area (Å²) >= 11 is 7.63. The Morgan fingerprint density at radius 3 is 2.71 bits per heavy atom. The summed E-state index contributed by atoms with van der Waals surface area (Å²) in [6.07, 6.45) is 0. The van der Waals surface area contributed by atoms with E-state index in [1.54, 1.807) is 11.8 Å². The molecule has 14 heavy (non-hydrogen) atoms. The van der Waals surface area contributed by atoms with Gasteiger partial charge in [0.15, 0.2) is 0 Å². The third-order valence-corrected chi connectivity index (χ3v) is 3.78. The summed E-state index contributed by atoms with van der Waals surface area (Å²) in [6, 6.07) is 7.60. The molecule has 0 unspecified atom stereocenters. The van der Waals surface area contributed by atoms with Gasteiger partial charge >= 0.3 is 0 Å². The van der Waals surface area contributed by atoms with Crippen molar-refractivity contribution in [3.8, 4) is 0 Å². The van der Waals surface area contributed by atoms with Crippen LogP contribution in [0, 0.1) is 0 Å². The molecule has 0 radical (unpaired) electrons. The Bertz CT molecular complexity index is 369. The monoisotopic (exact) mass is 227 g/mol. The molecule has 1 N–H and O–H groups in total. The average Bonchev–Trinajstić information content (AvgIpc) is 2.48. The highest BCUT2D eigenvalue weighted by Crippen LogP contribution is 2.38. The molecule has 0 spiro atoms. The molecule has 1 saturated heterocycles. The number of benzene rings is 1. The van der Waals surface area contributed by atoms with E-state index in [2.05, 4.69) is 5.32 Å². The van der Waals surface area contributed by atoms with Crippen LogP contribution >= 0.6 is 23.4 Å². The Balaban J connectivity index is 2.25. The SMILES string of the molecule is C[C@H]1S[C@@H](c2ccccc2Cl)NC1=O. The fourth-order valence-corrected chi connectivity index (χ4v) is 2.83. The van der Waals surface area contributed by atoms with Crippen molar-refractivity contribution in [2.45, 2.75) is 17.5 Å². The Hall–Kier alpha value is -0.670. The third kappa shape index (κ3) is 1.74. The van der Waals surface area contributed by atoms with Crippen molar-refractivity contribution in [3.63, 3.8) is 0 Å². The molecule has 2 atom stereocenters. The molecule has 1 aromatic carbocycles. The highest BCUT2D eigenvalue weighted by Gasteiger charge is 2.30. The van der Waals surface area contributed by atoms with E-state index in [0.29, 0.717) is 5.02 Å². The Morgan fingerprint density at radius 1 is 1.43 bits per heavy atom. The minimum atomic E-state index is 0.00574. The summed E-state index contributed by atoms with van der Waals surface area (Å²) in [5, 5.41) is 3.62. The lowest BCUT2D eigenvalue weighted by Crippen LogP contribution is -2.22. The maximum atomic E-state index is 11.3. The van der Waals surface area contributed by atoms with Crippen molar-refractivity contribution < 1.29 is 4.79 Å². The van der Waals surface area contributed by atoms with Gasteiger partial charge in [-0.15, -0.1) is 11.8 Å². The third-order valence-electron chi connectivity index (χ3n) is 2.17. The average molecular weight is 228 g/mol. The van der Waals surface area contributed by atoms with Crippen LogP contribution in [0.3, 0.4) is 0 Å². The molecule has 0 aromatic heterocycles. The second-order valence-corrected chi connectivity index (χ2v) is 5.05. The van der Waals surface area contributed by atoms with Crippen molar-refractivity contribution in [2.75, 3.05) is 0 Å². The number of carbonyl (C=O) groups excluding carboxylic acids is 1. The summed E-state index contributed by atoms with van der Waals surface area (Å²) in [5.41, 5.74) is 0.983. The molecule has 2 nitrogen and oxygen atoms in total. The summed E-state index contributed by atoms with van der Waals surface area (Å²) in [6.45, 7) is 1.90. The Kier molecular flexibility index (Phi) is 2.70. The predicted octanol–water partition coefficient (Wildman–Crippen LogP) is 2.59. The molecule has 74 valence electrons. The smallest absolute Gasteiger partial charge is 0.234 e. The molecule has 0 saturated carbocycles.